The zero-order valence-corrected chi connectivity index (χ0v) is 12.6. The van der Waals surface area contributed by atoms with E-state index in [4.69, 9.17) is 10.00 Å². The molecule has 1 atom stereocenters. The average Bonchev–Trinajstić information content (AvgIpc) is 3.13. The number of nitrogens with zero attached hydrogens (tertiary/aromatic N) is 3. The third-order valence-electron chi connectivity index (χ3n) is 3.59. The molecular weight excluding hydrogens is 268 g/mol. The van der Waals surface area contributed by atoms with Crippen LogP contribution in [-0.2, 0) is 4.74 Å². The van der Waals surface area contributed by atoms with Gasteiger partial charge in [0.05, 0.1) is 11.7 Å². The van der Waals surface area contributed by atoms with Gasteiger partial charge in [-0.2, -0.15) is 5.26 Å². The van der Waals surface area contributed by atoms with E-state index in [-0.39, 0.29) is 12.0 Å². The lowest BCUT2D eigenvalue weighted by Crippen LogP contribution is -2.41. The molecule has 1 aliphatic rings. The van der Waals surface area contributed by atoms with Crippen molar-refractivity contribution >= 4 is 5.91 Å². The van der Waals surface area contributed by atoms with Gasteiger partial charge in [-0.3, -0.25) is 4.79 Å². The normalized spacial score (nSPS) is 17.9. The van der Waals surface area contributed by atoms with Gasteiger partial charge in [0.1, 0.15) is 11.8 Å². The SMILES string of the molecule is CN(C)CCN(C[C@H]1CCCO1)C(=O)c1cc(C#N)c[nH]1. The lowest BCUT2D eigenvalue weighted by Gasteiger charge is -2.26. The number of nitrogens with one attached hydrogen (secondary N) is 1. The topological polar surface area (TPSA) is 72.4 Å². The van der Waals surface area contributed by atoms with Crippen LogP contribution in [-0.4, -0.2) is 67.1 Å². The van der Waals surface area contributed by atoms with Crippen LogP contribution in [0.25, 0.3) is 0 Å². The molecule has 0 aliphatic carbocycles. The fourth-order valence-electron chi connectivity index (χ4n) is 2.38. The number of H-pyrrole nitrogens is 1. The first-order valence-corrected chi connectivity index (χ1v) is 7.24. The van der Waals surface area contributed by atoms with E-state index in [0.717, 1.165) is 26.0 Å². The minimum absolute atomic E-state index is 0.0751. The van der Waals surface area contributed by atoms with Gasteiger partial charge < -0.3 is 19.5 Å². The molecule has 2 rings (SSSR count). The molecule has 6 heteroatoms. The molecule has 0 radical (unpaired) electrons. The Hall–Kier alpha value is -1.84. The van der Waals surface area contributed by atoms with Gasteiger partial charge in [0.25, 0.3) is 5.91 Å². The van der Waals surface area contributed by atoms with Gasteiger partial charge in [0, 0.05) is 32.4 Å². The number of aromatic nitrogens is 1. The zero-order chi connectivity index (χ0) is 15.2. The van der Waals surface area contributed by atoms with Crippen molar-refractivity contribution < 1.29 is 9.53 Å². The highest BCUT2D eigenvalue weighted by Crippen LogP contribution is 2.15. The van der Waals surface area contributed by atoms with Crippen molar-refractivity contribution in [2.45, 2.75) is 18.9 Å². The lowest BCUT2D eigenvalue weighted by molar-refractivity contribution is 0.0508. The fraction of sp³-hybridized carbons (Fsp3) is 0.600. The van der Waals surface area contributed by atoms with Crippen LogP contribution < -0.4 is 0 Å². The van der Waals surface area contributed by atoms with Crippen molar-refractivity contribution in [3.05, 3.63) is 23.5 Å². The first-order valence-electron chi connectivity index (χ1n) is 7.24. The number of rotatable bonds is 6. The van der Waals surface area contributed by atoms with Crippen molar-refractivity contribution in [2.75, 3.05) is 40.3 Å². The molecule has 1 fully saturated rings. The van der Waals surface area contributed by atoms with Gasteiger partial charge in [0.15, 0.2) is 0 Å². The minimum Gasteiger partial charge on any atom is -0.376 e. The van der Waals surface area contributed by atoms with E-state index in [1.54, 1.807) is 12.3 Å². The van der Waals surface area contributed by atoms with Crippen LogP contribution >= 0.6 is 0 Å². The molecule has 6 nitrogen and oxygen atoms in total. The number of hydrogen-bond acceptors (Lipinski definition) is 4. The van der Waals surface area contributed by atoms with Gasteiger partial charge >= 0.3 is 0 Å². The summed E-state index contributed by atoms with van der Waals surface area (Å²) >= 11 is 0. The Morgan fingerprint density at radius 2 is 2.33 bits per heavy atom. The van der Waals surface area contributed by atoms with Crippen molar-refractivity contribution in [1.29, 1.82) is 5.26 Å². The molecule has 1 N–H and O–H groups in total. The van der Waals surface area contributed by atoms with E-state index in [2.05, 4.69) is 4.98 Å². The van der Waals surface area contributed by atoms with Crippen molar-refractivity contribution in [2.24, 2.45) is 0 Å². The summed E-state index contributed by atoms with van der Waals surface area (Å²) in [5, 5.41) is 8.86. The largest absolute Gasteiger partial charge is 0.376 e. The molecule has 0 aromatic carbocycles. The van der Waals surface area contributed by atoms with Crippen LogP contribution in [0.4, 0.5) is 0 Å². The van der Waals surface area contributed by atoms with Gasteiger partial charge in [-0.15, -0.1) is 0 Å². The third kappa shape index (κ3) is 4.31. The Balaban J connectivity index is 2.05. The second-order valence-corrected chi connectivity index (χ2v) is 5.60. The van der Waals surface area contributed by atoms with Crippen molar-refractivity contribution in [3.63, 3.8) is 0 Å². The highest BCUT2D eigenvalue weighted by molar-refractivity contribution is 5.92. The molecule has 1 amide bonds. The van der Waals surface area contributed by atoms with E-state index in [0.29, 0.717) is 24.3 Å². The standard InChI is InChI=1S/C15H22N4O2/c1-18(2)5-6-19(11-13-4-3-7-21-13)15(20)14-8-12(9-16)10-17-14/h8,10,13,17H,3-7,11H2,1-2H3/t13-/m1/s1. The maximum absolute atomic E-state index is 12.6. The molecule has 114 valence electrons. The second kappa shape index (κ2) is 7.25. The van der Waals surface area contributed by atoms with Gasteiger partial charge in [-0.25, -0.2) is 0 Å². The third-order valence-corrected chi connectivity index (χ3v) is 3.59. The van der Waals surface area contributed by atoms with Gasteiger partial charge in [0.2, 0.25) is 0 Å². The van der Waals surface area contributed by atoms with Gasteiger partial charge in [-0.1, -0.05) is 0 Å². The van der Waals surface area contributed by atoms with E-state index < -0.39 is 0 Å². The molecule has 1 saturated heterocycles. The number of nitriles is 1. The number of hydrogen-bond donors (Lipinski definition) is 1. The van der Waals surface area contributed by atoms with Crippen LogP contribution in [0, 0.1) is 11.3 Å². The van der Waals surface area contributed by atoms with Crippen LogP contribution in [0.2, 0.25) is 0 Å². The summed E-state index contributed by atoms with van der Waals surface area (Å²) in [6.45, 7) is 2.83. The van der Waals surface area contributed by atoms with Crippen LogP contribution in [0.15, 0.2) is 12.3 Å². The highest BCUT2D eigenvalue weighted by atomic mass is 16.5. The molecule has 1 aliphatic heterocycles. The molecule has 0 unspecified atom stereocenters. The molecular formula is C15H22N4O2. The Morgan fingerprint density at radius 3 is 2.90 bits per heavy atom. The summed E-state index contributed by atoms with van der Waals surface area (Å²) in [6, 6.07) is 3.63. The predicted octanol–water partition coefficient (Wildman–Crippen LogP) is 1.07. The predicted molar refractivity (Wildman–Crippen MR) is 78.9 cm³/mol. The van der Waals surface area contributed by atoms with E-state index >= 15 is 0 Å². The quantitative estimate of drug-likeness (QED) is 0.850. The maximum Gasteiger partial charge on any atom is 0.270 e. The van der Waals surface area contributed by atoms with E-state index in [1.165, 1.54) is 0 Å². The molecule has 21 heavy (non-hydrogen) atoms. The second-order valence-electron chi connectivity index (χ2n) is 5.60. The summed E-state index contributed by atoms with van der Waals surface area (Å²) in [6.07, 6.45) is 3.74. The van der Waals surface area contributed by atoms with Crippen LogP contribution in [0.5, 0.6) is 0 Å². The first-order chi connectivity index (χ1) is 10.1. The Labute approximate surface area is 125 Å². The minimum atomic E-state index is -0.0751. The summed E-state index contributed by atoms with van der Waals surface area (Å²) < 4.78 is 5.63. The number of aromatic amines is 1. The zero-order valence-electron chi connectivity index (χ0n) is 12.6. The molecule has 1 aromatic heterocycles. The summed E-state index contributed by atoms with van der Waals surface area (Å²) in [7, 11) is 3.97. The van der Waals surface area contributed by atoms with E-state index in [9.17, 15) is 4.79 Å². The number of carbonyl (C=O) groups is 1. The van der Waals surface area contributed by atoms with E-state index in [1.807, 2.05) is 30.0 Å². The maximum atomic E-state index is 12.6. The number of amides is 1. The molecule has 0 spiro atoms. The van der Waals surface area contributed by atoms with Crippen LogP contribution in [0.1, 0.15) is 28.9 Å². The summed E-state index contributed by atoms with van der Waals surface area (Å²) in [5.41, 5.74) is 0.936. The van der Waals surface area contributed by atoms with Gasteiger partial charge in [-0.05, 0) is 33.0 Å². The highest BCUT2D eigenvalue weighted by Gasteiger charge is 2.24. The number of ether oxygens (including phenoxy) is 1. The number of carbonyl (C=O) groups excluding carboxylic acids is 1. The smallest absolute Gasteiger partial charge is 0.270 e. The Bertz CT molecular complexity index is 512. The first kappa shape index (κ1) is 15.5. The molecule has 2 heterocycles. The van der Waals surface area contributed by atoms with Crippen LogP contribution in [0.3, 0.4) is 0 Å². The van der Waals surface area contributed by atoms with Crippen molar-refractivity contribution in [3.8, 4) is 6.07 Å². The monoisotopic (exact) mass is 290 g/mol. The van der Waals surface area contributed by atoms with Crippen molar-refractivity contribution in [1.82, 2.24) is 14.8 Å². The Kier molecular flexibility index (Phi) is 5.37. The fourth-order valence-corrected chi connectivity index (χ4v) is 2.38. The molecule has 0 saturated carbocycles. The lowest BCUT2D eigenvalue weighted by atomic mass is 10.2. The molecule has 1 aromatic rings. The summed E-state index contributed by atoms with van der Waals surface area (Å²) in [4.78, 5) is 19.3. The number of likely N-dealkylation sites (N-methyl/N-ethyl adjacent to an activating group) is 1. The summed E-state index contributed by atoms with van der Waals surface area (Å²) in [5.74, 6) is -0.0751. The average molecular weight is 290 g/mol. The Morgan fingerprint density at radius 1 is 1.52 bits per heavy atom. The molecule has 0 bridgehead atoms.